The molecule has 23 heavy (non-hydrogen) atoms. The molecule has 0 aromatic heterocycles. The molecule has 1 amide bonds. The third kappa shape index (κ3) is 3.52. The van der Waals surface area contributed by atoms with Crippen LogP contribution in [0.15, 0.2) is 18.2 Å². The van der Waals surface area contributed by atoms with E-state index in [1.807, 2.05) is 19.9 Å². The van der Waals surface area contributed by atoms with E-state index >= 15 is 0 Å². The number of hydrogen-bond acceptors (Lipinski definition) is 3. The van der Waals surface area contributed by atoms with Crippen molar-refractivity contribution in [3.63, 3.8) is 0 Å². The number of amides is 1. The van der Waals surface area contributed by atoms with Gasteiger partial charge in [-0.15, -0.1) is 0 Å². The Morgan fingerprint density at radius 2 is 2.09 bits per heavy atom. The first kappa shape index (κ1) is 16.3. The molecule has 4 heteroatoms. The van der Waals surface area contributed by atoms with Crippen LogP contribution in [0.3, 0.4) is 0 Å². The molecule has 2 aliphatic rings. The number of rotatable bonds is 5. The average molecular weight is 316 g/mol. The fourth-order valence-electron chi connectivity index (χ4n) is 3.62. The van der Waals surface area contributed by atoms with Gasteiger partial charge in [0.05, 0.1) is 12.5 Å². The maximum atomic E-state index is 12.9. The molecule has 1 aromatic carbocycles. The summed E-state index contributed by atoms with van der Waals surface area (Å²) in [5, 5.41) is 0. The zero-order chi connectivity index (χ0) is 16.4. The Morgan fingerprint density at radius 1 is 1.35 bits per heavy atom. The van der Waals surface area contributed by atoms with Crippen LogP contribution in [0.4, 0.5) is 0 Å². The van der Waals surface area contributed by atoms with Crippen molar-refractivity contribution in [3.05, 3.63) is 29.3 Å². The zero-order valence-electron chi connectivity index (χ0n) is 14.3. The minimum Gasteiger partial charge on any atom is -0.493 e. The Labute approximate surface area is 139 Å². The summed E-state index contributed by atoms with van der Waals surface area (Å²) < 4.78 is 5.58. The number of nitrogens with zero attached hydrogens (tertiary/aromatic N) is 1. The van der Waals surface area contributed by atoms with Crippen LogP contribution in [0.25, 0.3) is 0 Å². The number of carbonyl (C=O) groups is 1. The number of nitrogens with two attached hydrogens (primary N) is 1. The normalized spacial score (nSPS) is 20.0. The minimum absolute atomic E-state index is 0.111. The quantitative estimate of drug-likeness (QED) is 0.909. The van der Waals surface area contributed by atoms with Crippen molar-refractivity contribution in [2.75, 3.05) is 6.61 Å². The molecule has 3 rings (SSSR count). The topological polar surface area (TPSA) is 55.6 Å². The van der Waals surface area contributed by atoms with Crippen molar-refractivity contribution in [2.24, 2.45) is 11.7 Å². The molecule has 0 spiro atoms. The minimum atomic E-state index is -0.131. The molecule has 1 aliphatic heterocycles. The molecule has 2 N–H and O–H groups in total. The van der Waals surface area contributed by atoms with E-state index in [-0.39, 0.29) is 17.9 Å². The largest absolute Gasteiger partial charge is 0.493 e. The highest BCUT2D eigenvalue weighted by molar-refractivity contribution is 5.79. The van der Waals surface area contributed by atoms with E-state index in [1.165, 1.54) is 24.0 Å². The van der Waals surface area contributed by atoms with Gasteiger partial charge in [-0.3, -0.25) is 4.79 Å². The third-order valence-electron chi connectivity index (χ3n) is 5.33. The fraction of sp³-hybridized carbons (Fsp3) is 0.632. The molecule has 126 valence electrons. The highest BCUT2D eigenvalue weighted by Crippen LogP contribution is 2.30. The number of fused-ring (bicyclic) bond motifs is 1. The van der Waals surface area contributed by atoms with Crippen molar-refractivity contribution in [3.8, 4) is 5.75 Å². The summed E-state index contributed by atoms with van der Waals surface area (Å²) in [6, 6.07) is 6.60. The number of benzene rings is 1. The van der Waals surface area contributed by atoms with Gasteiger partial charge in [0.25, 0.3) is 0 Å². The van der Waals surface area contributed by atoms with Gasteiger partial charge in [0.1, 0.15) is 5.75 Å². The molecule has 0 bridgehead atoms. The molecule has 4 nitrogen and oxygen atoms in total. The molecular weight excluding hydrogens is 288 g/mol. The highest BCUT2D eigenvalue weighted by Gasteiger charge is 2.31. The summed E-state index contributed by atoms with van der Waals surface area (Å²) in [7, 11) is 0. The van der Waals surface area contributed by atoms with E-state index in [0.717, 1.165) is 31.6 Å². The smallest absolute Gasteiger partial charge is 0.227 e. The van der Waals surface area contributed by atoms with Gasteiger partial charge in [-0.1, -0.05) is 31.9 Å². The Balaban J connectivity index is 1.79. The lowest BCUT2D eigenvalue weighted by molar-refractivity contribution is -0.138. The predicted octanol–water partition coefficient (Wildman–Crippen LogP) is 2.88. The molecule has 2 unspecified atom stereocenters. The number of ether oxygens (including phenoxy) is 1. The molecule has 0 saturated heterocycles. The van der Waals surface area contributed by atoms with Gasteiger partial charge < -0.3 is 15.4 Å². The maximum absolute atomic E-state index is 12.9. The molecule has 1 aromatic rings. The average Bonchev–Trinajstić information content (AvgIpc) is 3.21. The molecule has 2 atom stereocenters. The van der Waals surface area contributed by atoms with E-state index in [2.05, 4.69) is 17.0 Å². The lowest BCUT2D eigenvalue weighted by atomic mass is 10.00. The van der Waals surface area contributed by atoms with Crippen molar-refractivity contribution < 1.29 is 9.53 Å². The Hall–Kier alpha value is -1.55. The first-order chi connectivity index (χ1) is 11.1. The van der Waals surface area contributed by atoms with Gasteiger partial charge >= 0.3 is 0 Å². The first-order valence-corrected chi connectivity index (χ1v) is 8.87. The fourth-order valence-corrected chi connectivity index (χ4v) is 3.62. The second-order valence-corrected chi connectivity index (χ2v) is 7.09. The van der Waals surface area contributed by atoms with Crippen LogP contribution >= 0.6 is 0 Å². The van der Waals surface area contributed by atoms with Gasteiger partial charge in [0, 0.05) is 25.0 Å². The molecule has 1 fully saturated rings. The lowest BCUT2D eigenvalue weighted by Gasteiger charge is -2.32. The van der Waals surface area contributed by atoms with Gasteiger partial charge in [-0.2, -0.15) is 0 Å². The van der Waals surface area contributed by atoms with Gasteiger partial charge in [-0.05, 0) is 37.0 Å². The monoisotopic (exact) mass is 316 g/mol. The number of carbonyl (C=O) groups excluding carboxylic acids is 1. The molecule has 1 heterocycles. The maximum Gasteiger partial charge on any atom is 0.227 e. The van der Waals surface area contributed by atoms with Crippen molar-refractivity contribution in [1.82, 2.24) is 4.90 Å². The number of hydrogen-bond donors (Lipinski definition) is 1. The van der Waals surface area contributed by atoms with E-state index in [4.69, 9.17) is 10.5 Å². The Kier molecular flexibility index (Phi) is 4.90. The Morgan fingerprint density at radius 3 is 2.78 bits per heavy atom. The van der Waals surface area contributed by atoms with Crippen molar-refractivity contribution >= 4 is 5.91 Å². The van der Waals surface area contributed by atoms with Gasteiger partial charge in [0.2, 0.25) is 5.91 Å². The summed E-state index contributed by atoms with van der Waals surface area (Å²) >= 11 is 0. The predicted molar refractivity (Wildman–Crippen MR) is 91.3 cm³/mol. The molecule has 0 radical (unpaired) electrons. The standard InChI is InChI=1S/C19H28N2O2/c1-13(14(2)20)19(22)21(17-5-3-4-6-17)12-15-7-8-18-16(11-15)9-10-23-18/h7-8,11,13-14,17H,3-6,9-10,12,20H2,1-2H3. The van der Waals surface area contributed by atoms with Crippen LogP contribution in [0.1, 0.15) is 50.7 Å². The summed E-state index contributed by atoms with van der Waals surface area (Å²) in [6.45, 7) is 5.33. The van der Waals surface area contributed by atoms with Crippen LogP contribution in [0.5, 0.6) is 5.75 Å². The molecular formula is C19H28N2O2. The van der Waals surface area contributed by atoms with E-state index in [0.29, 0.717) is 12.6 Å². The molecule has 1 aliphatic carbocycles. The van der Waals surface area contributed by atoms with Gasteiger partial charge in [-0.25, -0.2) is 0 Å². The Bertz CT molecular complexity index is 564. The van der Waals surface area contributed by atoms with E-state index in [1.54, 1.807) is 0 Å². The summed E-state index contributed by atoms with van der Waals surface area (Å²) in [5.74, 6) is 1.06. The molecule has 1 saturated carbocycles. The van der Waals surface area contributed by atoms with Crippen molar-refractivity contribution in [1.29, 1.82) is 0 Å². The van der Waals surface area contributed by atoms with Gasteiger partial charge in [0.15, 0.2) is 0 Å². The van der Waals surface area contributed by atoms with Crippen LogP contribution in [0, 0.1) is 5.92 Å². The zero-order valence-corrected chi connectivity index (χ0v) is 14.3. The highest BCUT2D eigenvalue weighted by atomic mass is 16.5. The lowest BCUT2D eigenvalue weighted by Crippen LogP contribution is -2.45. The SMILES string of the molecule is CC(N)C(C)C(=O)N(Cc1ccc2c(c1)CCO2)C1CCCC1. The van der Waals surface area contributed by atoms with E-state index < -0.39 is 0 Å². The second kappa shape index (κ2) is 6.91. The van der Waals surface area contributed by atoms with Crippen LogP contribution in [0.2, 0.25) is 0 Å². The van der Waals surface area contributed by atoms with Crippen LogP contribution in [-0.2, 0) is 17.8 Å². The first-order valence-electron chi connectivity index (χ1n) is 8.87. The van der Waals surface area contributed by atoms with Crippen LogP contribution < -0.4 is 10.5 Å². The van der Waals surface area contributed by atoms with Crippen molar-refractivity contribution in [2.45, 2.75) is 64.6 Å². The summed E-state index contributed by atoms with van der Waals surface area (Å²) in [5.41, 5.74) is 8.44. The second-order valence-electron chi connectivity index (χ2n) is 7.09. The summed E-state index contributed by atoms with van der Waals surface area (Å²) in [4.78, 5) is 15.0. The summed E-state index contributed by atoms with van der Waals surface area (Å²) in [6.07, 6.45) is 5.64. The third-order valence-corrected chi connectivity index (χ3v) is 5.33. The van der Waals surface area contributed by atoms with E-state index in [9.17, 15) is 4.79 Å². The van der Waals surface area contributed by atoms with Crippen LogP contribution in [-0.4, -0.2) is 29.5 Å².